The molecular formula is C13H17N. The van der Waals surface area contributed by atoms with Crippen molar-refractivity contribution < 1.29 is 0 Å². The summed E-state index contributed by atoms with van der Waals surface area (Å²) in [7, 11) is 0. The SMILES string of the molecule is C1=CCC(NCCc2ccccc2)C1. The largest absolute Gasteiger partial charge is 0.313 e. The van der Waals surface area contributed by atoms with Crippen LogP contribution >= 0.6 is 0 Å². The van der Waals surface area contributed by atoms with E-state index in [1.54, 1.807) is 0 Å². The molecule has 14 heavy (non-hydrogen) atoms. The van der Waals surface area contributed by atoms with Gasteiger partial charge >= 0.3 is 0 Å². The molecule has 1 N–H and O–H groups in total. The van der Waals surface area contributed by atoms with Crippen LogP contribution in [0.1, 0.15) is 18.4 Å². The van der Waals surface area contributed by atoms with Crippen LogP contribution in [0.15, 0.2) is 42.5 Å². The third-order valence-corrected chi connectivity index (χ3v) is 2.70. The molecule has 2 rings (SSSR count). The van der Waals surface area contributed by atoms with Crippen LogP contribution in [0.4, 0.5) is 0 Å². The van der Waals surface area contributed by atoms with Gasteiger partial charge in [-0.3, -0.25) is 0 Å². The van der Waals surface area contributed by atoms with Gasteiger partial charge in [-0.05, 0) is 31.4 Å². The molecule has 1 aliphatic carbocycles. The van der Waals surface area contributed by atoms with Gasteiger partial charge in [-0.1, -0.05) is 42.5 Å². The Labute approximate surface area is 85.8 Å². The highest BCUT2D eigenvalue weighted by Gasteiger charge is 2.07. The van der Waals surface area contributed by atoms with Crippen LogP contribution in [0, 0.1) is 0 Å². The van der Waals surface area contributed by atoms with Crippen LogP contribution in [0.25, 0.3) is 0 Å². The lowest BCUT2D eigenvalue weighted by atomic mass is 10.1. The van der Waals surface area contributed by atoms with Crippen LogP contribution in [-0.2, 0) is 6.42 Å². The fourth-order valence-corrected chi connectivity index (χ4v) is 1.85. The van der Waals surface area contributed by atoms with E-state index in [1.165, 1.54) is 18.4 Å². The van der Waals surface area contributed by atoms with Crippen LogP contribution in [0.3, 0.4) is 0 Å². The maximum atomic E-state index is 3.57. The molecule has 0 saturated heterocycles. The predicted octanol–water partition coefficient (Wildman–Crippen LogP) is 2.54. The zero-order chi connectivity index (χ0) is 9.64. The minimum atomic E-state index is 0.693. The van der Waals surface area contributed by atoms with Gasteiger partial charge in [0, 0.05) is 6.04 Å². The van der Waals surface area contributed by atoms with Gasteiger partial charge in [0.15, 0.2) is 0 Å². The van der Waals surface area contributed by atoms with Crippen molar-refractivity contribution in [3.8, 4) is 0 Å². The van der Waals surface area contributed by atoms with E-state index in [1.807, 2.05) is 0 Å². The van der Waals surface area contributed by atoms with Gasteiger partial charge in [-0.25, -0.2) is 0 Å². The summed E-state index contributed by atoms with van der Waals surface area (Å²) in [6, 6.07) is 11.3. The third kappa shape index (κ3) is 2.71. The maximum absolute atomic E-state index is 3.57. The van der Waals surface area contributed by atoms with Gasteiger partial charge in [0.2, 0.25) is 0 Å². The van der Waals surface area contributed by atoms with Crippen molar-refractivity contribution in [3.05, 3.63) is 48.0 Å². The Morgan fingerprint density at radius 3 is 2.50 bits per heavy atom. The van der Waals surface area contributed by atoms with Crippen molar-refractivity contribution in [2.45, 2.75) is 25.3 Å². The number of hydrogen-bond acceptors (Lipinski definition) is 1. The summed E-state index contributed by atoms with van der Waals surface area (Å²) in [6.07, 6.45) is 8.07. The lowest BCUT2D eigenvalue weighted by Gasteiger charge is -2.11. The van der Waals surface area contributed by atoms with Crippen LogP contribution in [0.2, 0.25) is 0 Å². The first-order chi connectivity index (χ1) is 6.95. The molecule has 0 amide bonds. The van der Waals surface area contributed by atoms with Crippen LogP contribution < -0.4 is 5.32 Å². The Morgan fingerprint density at radius 2 is 1.79 bits per heavy atom. The van der Waals surface area contributed by atoms with Gasteiger partial charge in [0.25, 0.3) is 0 Å². The molecular weight excluding hydrogens is 170 g/mol. The fourth-order valence-electron chi connectivity index (χ4n) is 1.85. The number of rotatable bonds is 4. The molecule has 0 aromatic heterocycles. The maximum Gasteiger partial charge on any atom is 0.0136 e. The minimum Gasteiger partial charge on any atom is -0.313 e. The lowest BCUT2D eigenvalue weighted by molar-refractivity contribution is 0.542. The molecule has 1 heteroatoms. The van der Waals surface area contributed by atoms with Crippen molar-refractivity contribution >= 4 is 0 Å². The second-order valence-corrected chi connectivity index (χ2v) is 3.83. The number of benzene rings is 1. The van der Waals surface area contributed by atoms with Crippen molar-refractivity contribution in [1.82, 2.24) is 5.32 Å². The normalized spacial score (nSPS) is 16.3. The van der Waals surface area contributed by atoms with E-state index in [-0.39, 0.29) is 0 Å². The van der Waals surface area contributed by atoms with Crippen molar-refractivity contribution in [2.24, 2.45) is 0 Å². The second-order valence-electron chi connectivity index (χ2n) is 3.83. The first-order valence-corrected chi connectivity index (χ1v) is 5.37. The standard InChI is InChI=1S/C13H17N/c1-2-6-12(7-3-1)10-11-14-13-8-4-5-9-13/h1-7,13-14H,8-11H2. The monoisotopic (exact) mass is 187 g/mol. The first kappa shape index (κ1) is 9.47. The van der Waals surface area contributed by atoms with E-state index in [9.17, 15) is 0 Å². The zero-order valence-corrected chi connectivity index (χ0v) is 8.45. The van der Waals surface area contributed by atoms with E-state index < -0.39 is 0 Å². The summed E-state index contributed by atoms with van der Waals surface area (Å²) in [5.41, 5.74) is 1.42. The van der Waals surface area contributed by atoms with Crippen LogP contribution in [0.5, 0.6) is 0 Å². The number of nitrogens with one attached hydrogen (secondary N) is 1. The minimum absolute atomic E-state index is 0.693. The van der Waals surface area contributed by atoms with Crippen molar-refractivity contribution in [3.63, 3.8) is 0 Å². The second kappa shape index (κ2) is 4.97. The highest BCUT2D eigenvalue weighted by molar-refractivity contribution is 5.14. The third-order valence-electron chi connectivity index (χ3n) is 2.70. The fraction of sp³-hybridized carbons (Fsp3) is 0.385. The summed E-state index contributed by atoms with van der Waals surface area (Å²) < 4.78 is 0. The van der Waals surface area contributed by atoms with Gasteiger partial charge in [0.1, 0.15) is 0 Å². The van der Waals surface area contributed by atoms with Gasteiger partial charge in [-0.15, -0.1) is 0 Å². The summed E-state index contributed by atoms with van der Waals surface area (Å²) >= 11 is 0. The Bertz CT molecular complexity index is 281. The molecule has 0 unspecified atom stereocenters. The van der Waals surface area contributed by atoms with E-state index in [2.05, 4.69) is 47.8 Å². The van der Waals surface area contributed by atoms with Crippen molar-refractivity contribution in [1.29, 1.82) is 0 Å². The van der Waals surface area contributed by atoms with Crippen molar-refractivity contribution in [2.75, 3.05) is 6.54 Å². The molecule has 0 radical (unpaired) electrons. The lowest BCUT2D eigenvalue weighted by Crippen LogP contribution is -2.28. The summed E-state index contributed by atoms with van der Waals surface area (Å²) in [5, 5.41) is 3.57. The molecule has 0 atom stereocenters. The molecule has 1 aromatic rings. The first-order valence-electron chi connectivity index (χ1n) is 5.37. The van der Waals surface area contributed by atoms with E-state index in [0.717, 1.165) is 13.0 Å². The molecule has 0 fully saturated rings. The smallest absolute Gasteiger partial charge is 0.0136 e. The van der Waals surface area contributed by atoms with E-state index in [0.29, 0.717) is 6.04 Å². The topological polar surface area (TPSA) is 12.0 Å². The zero-order valence-electron chi connectivity index (χ0n) is 8.45. The van der Waals surface area contributed by atoms with Gasteiger partial charge < -0.3 is 5.32 Å². The molecule has 0 bridgehead atoms. The van der Waals surface area contributed by atoms with E-state index in [4.69, 9.17) is 0 Å². The Morgan fingerprint density at radius 1 is 1.07 bits per heavy atom. The average molecular weight is 187 g/mol. The molecule has 1 nitrogen and oxygen atoms in total. The molecule has 1 aliphatic rings. The highest BCUT2D eigenvalue weighted by Crippen LogP contribution is 2.09. The molecule has 0 saturated carbocycles. The predicted molar refractivity (Wildman–Crippen MR) is 60.3 cm³/mol. The van der Waals surface area contributed by atoms with Crippen LogP contribution in [-0.4, -0.2) is 12.6 Å². The quantitative estimate of drug-likeness (QED) is 0.714. The number of hydrogen-bond donors (Lipinski definition) is 1. The van der Waals surface area contributed by atoms with Gasteiger partial charge in [-0.2, -0.15) is 0 Å². The Hall–Kier alpha value is -1.08. The Balaban J connectivity index is 1.68. The highest BCUT2D eigenvalue weighted by atomic mass is 14.9. The molecule has 0 heterocycles. The van der Waals surface area contributed by atoms with Gasteiger partial charge in [0.05, 0.1) is 0 Å². The summed E-state index contributed by atoms with van der Waals surface area (Å²) in [4.78, 5) is 0. The Kier molecular flexibility index (Phi) is 3.36. The average Bonchev–Trinajstić information content (AvgIpc) is 2.72. The van der Waals surface area contributed by atoms with E-state index >= 15 is 0 Å². The molecule has 0 aliphatic heterocycles. The molecule has 0 spiro atoms. The molecule has 1 aromatic carbocycles. The summed E-state index contributed by atoms with van der Waals surface area (Å²) in [5.74, 6) is 0. The summed E-state index contributed by atoms with van der Waals surface area (Å²) in [6.45, 7) is 1.09. The molecule has 74 valence electrons.